The molecule has 1 aromatic heterocycles. The number of hydrogen-bond donors (Lipinski definition) is 2. The molecular weight excluding hydrogens is 306 g/mol. The van der Waals surface area contributed by atoms with Crippen LogP contribution in [0.5, 0.6) is 0 Å². The zero-order valence-electron chi connectivity index (χ0n) is 8.19. The third-order valence-corrected chi connectivity index (χ3v) is 3.30. The summed E-state index contributed by atoms with van der Waals surface area (Å²) in [6.07, 6.45) is 3.59. The van der Waals surface area contributed by atoms with Gasteiger partial charge in [-0.05, 0) is 59.7 Å². The zero-order chi connectivity index (χ0) is 10.8. The summed E-state index contributed by atoms with van der Waals surface area (Å²) >= 11 is 2.01. The molecule has 2 aromatic rings. The summed E-state index contributed by atoms with van der Waals surface area (Å²) in [4.78, 5) is 3.08. The molecule has 4 heteroatoms. The monoisotopic (exact) mass is 318 g/mol. The number of fused-ring (bicyclic) bond motifs is 1. The molecule has 0 unspecified atom stereocenters. The lowest BCUT2D eigenvalue weighted by atomic mass is 10.1. The van der Waals surface area contributed by atoms with Crippen LogP contribution < -0.4 is 5.73 Å². The Kier molecular flexibility index (Phi) is 3.25. The molecule has 0 aliphatic carbocycles. The van der Waals surface area contributed by atoms with Crippen molar-refractivity contribution in [3.8, 4) is 0 Å². The second-order valence-corrected chi connectivity index (χ2v) is 4.65. The first-order valence-corrected chi connectivity index (χ1v) is 5.96. The van der Waals surface area contributed by atoms with E-state index in [4.69, 9.17) is 5.73 Å². The Bertz CT molecular complexity index is 479. The second kappa shape index (κ2) is 4.49. The number of aryl methyl sites for hydroxylation is 1. The van der Waals surface area contributed by atoms with Crippen LogP contribution in [0, 0.1) is 9.39 Å². The first kappa shape index (κ1) is 10.9. The molecule has 2 rings (SSSR count). The van der Waals surface area contributed by atoms with Crippen LogP contribution in [0.15, 0.2) is 18.3 Å². The van der Waals surface area contributed by atoms with Crippen molar-refractivity contribution in [3.05, 3.63) is 33.3 Å². The summed E-state index contributed by atoms with van der Waals surface area (Å²) in [5.74, 6) is -0.124. The summed E-state index contributed by atoms with van der Waals surface area (Å²) in [7, 11) is 0. The van der Waals surface area contributed by atoms with Crippen LogP contribution in [0.2, 0.25) is 0 Å². The van der Waals surface area contributed by atoms with E-state index in [0.717, 1.165) is 29.3 Å². The van der Waals surface area contributed by atoms with Crippen LogP contribution >= 0.6 is 22.6 Å². The molecule has 0 radical (unpaired) electrons. The second-order valence-electron chi connectivity index (χ2n) is 3.49. The van der Waals surface area contributed by atoms with Crippen LogP contribution in [0.3, 0.4) is 0 Å². The third-order valence-electron chi connectivity index (χ3n) is 2.47. The molecule has 0 atom stereocenters. The van der Waals surface area contributed by atoms with Crippen LogP contribution in [0.4, 0.5) is 4.39 Å². The molecule has 0 spiro atoms. The van der Waals surface area contributed by atoms with Crippen molar-refractivity contribution in [3.63, 3.8) is 0 Å². The lowest BCUT2D eigenvalue weighted by Crippen LogP contribution is -2.00. The number of aromatic amines is 1. The number of hydrogen-bond acceptors (Lipinski definition) is 1. The minimum Gasteiger partial charge on any atom is -0.361 e. The molecule has 0 saturated carbocycles. The molecule has 3 N–H and O–H groups in total. The van der Waals surface area contributed by atoms with Gasteiger partial charge in [-0.25, -0.2) is 4.39 Å². The van der Waals surface area contributed by atoms with Crippen LogP contribution in [0.1, 0.15) is 12.0 Å². The number of rotatable bonds is 3. The molecule has 15 heavy (non-hydrogen) atoms. The zero-order valence-corrected chi connectivity index (χ0v) is 10.3. The predicted octanol–water partition coefficient (Wildman–Crippen LogP) is 2.80. The van der Waals surface area contributed by atoms with E-state index in [9.17, 15) is 4.39 Å². The van der Waals surface area contributed by atoms with E-state index in [2.05, 4.69) is 4.98 Å². The van der Waals surface area contributed by atoms with E-state index < -0.39 is 0 Å². The SMILES string of the molecule is NCCCc1c[nH]c2ccc(I)c(F)c12. The standard InChI is InChI=1S/C11H12FIN2/c12-11-8(13)3-4-9-10(11)7(6-15-9)2-1-5-14/h3-4,6,15H,1-2,5,14H2. The first-order chi connectivity index (χ1) is 7.24. The maximum absolute atomic E-state index is 13.9. The normalized spacial score (nSPS) is 11.1. The molecule has 2 nitrogen and oxygen atoms in total. The topological polar surface area (TPSA) is 41.8 Å². The number of benzene rings is 1. The molecule has 1 heterocycles. The maximum Gasteiger partial charge on any atom is 0.146 e. The number of nitrogens with one attached hydrogen (secondary N) is 1. The van der Waals surface area contributed by atoms with E-state index in [1.54, 1.807) is 6.07 Å². The average molecular weight is 318 g/mol. The van der Waals surface area contributed by atoms with Crippen molar-refractivity contribution in [2.24, 2.45) is 5.73 Å². The van der Waals surface area contributed by atoms with E-state index in [-0.39, 0.29) is 5.82 Å². The largest absolute Gasteiger partial charge is 0.361 e. The van der Waals surface area contributed by atoms with Crippen LogP contribution in [-0.2, 0) is 6.42 Å². The van der Waals surface area contributed by atoms with Gasteiger partial charge >= 0.3 is 0 Å². The molecule has 0 aliphatic rings. The van der Waals surface area contributed by atoms with Gasteiger partial charge in [0, 0.05) is 20.7 Å². The minimum absolute atomic E-state index is 0.124. The van der Waals surface area contributed by atoms with Gasteiger partial charge in [-0.3, -0.25) is 0 Å². The lowest BCUT2D eigenvalue weighted by molar-refractivity contribution is 0.631. The summed E-state index contributed by atoms with van der Waals surface area (Å²) in [6.45, 7) is 0.637. The van der Waals surface area contributed by atoms with Gasteiger partial charge in [0.05, 0.1) is 0 Å². The van der Waals surface area contributed by atoms with Gasteiger partial charge in [-0.2, -0.15) is 0 Å². The first-order valence-electron chi connectivity index (χ1n) is 4.88. The van der Waals surface area contributed by atoms with E-state index >= 15 is 0 Å². The van der Waals surface area contributed by atoms with Gasteiger partial charge in [-0.1, -0.05) is 0 Å². The Morgan fingerprint density at radius 1 is 1.40 bits per heavy atom. The highest BCUT2D eigenvalue weighted by molar-refractivity contribution is 14.1. The van der Waals surface area contributed by atoms with E-state index in [0.29, 0.717) is 10.1 Å². The quantitative estimate of drug-likeness (QED) is 0.840. The van der Waals surface area contributed by atoms with Gasteiger partial charge in [0.15, 0.2) is 0 Å². The fourth-order valence-corrected chi connectivity index (χ4v) is 2.16. The predicted molar refractivity (Wildman–Crippen MR) is 68.3 cm³/mol. The van der Waals surface area contributed by atoms with Crippen LogP contribution in [-0.4, -0.2) is 11.5 Å². The van der Waals surface area contributed by atoms with Crippen molar-refractivity contribution in [1.82, 2.24) is 4.98 Å². The highest BCUT2D eigenvalue weighted by Gasteiger charge is 2.10. The van der Waals surface area contributed by atoms with E-state index in [1.807, 2.05) is 34.9 Å². The molecule has 80 valence electrons. The fraction of sp³-hybridized carbons (Fsp3) is 0.273. The Labute approximate surface area is 101 Å². The lowest BCUT2D eigenvalue weighted by Gasteiger charge is -2.00. The van der Waals surface area contributed by atoms with Gasteiger partial charge < -0.3 is 10.7 Å². The van der Waals surface area contributed by atoms with Crippen molar-refractivity contribution in [1.29, 1.82) is 0 Å². The van der Waals surface area contributed by atoms with Crippen LogP contribution in [0.25, 0.3) is 10.9 Å². The summed E-state index contributed by atoms with van der Waals surface area (Å²) < 4.78 is 14.5. The molecular formula is C11H12FIN2. The molecule has 1 aromatic carbocycles. The van der Waals surface area contributed by atoms with Crippen molar-refractivity contribution in [2.45, 2.75) is 12.8 Å². The highest BCUT2D eigenvalue weighted by Crippen LogP contribution is 2.25. The Morgan fingerprint density at radius 2 is 2.20 bits per heavy atom. The van der Waals surface area contributed by atoms with Crippen molar-refractivity contribution < 1.29 is 4.39 Å². The minimum atomic E-state index is -0.124. The van der Waals surface area contributed by atoms with Crippen molar-refractivity contribution in [2.75, 3.05) is 6.54 Å². The van der Waals surface area contributed by atoms with Gasteiger partial charge in [0.2, 0.25) is 0 Å². The van der Waals surface area contributed by atoms with E-state index in [1.165, 1.54) is 0 Å². The highest BCUT2D eigenvalue weighted by atomic mass is 127. The maximum atomic E-state index is 13.9. The van der Waals surface area contributed by atoms with Crippen molar-refractivity contribution >= 4 is 33.5 Å². The van der Waals surface area contributed by atoms with Gasteiger partial charge in [0.25, 0.3) is 0 Å². The summed E-state index contributed by atoms with van der Waals surface area (Å²) in [5.41, 5.74) is 7.33. The summed E-state index contributed by atoms with van der Waals surface area (Å²) in [6, 6.07) is 3.69. The average Bonchev–Trinajstić information content (AvgIpc) is 2.64. The molecule has 0 saturated heterocycles. The summed E-state index contributed by atoms with van der Waals surface area (Å²) in [5, 5.41) is 0.718. The smallest absolute Gasteiger partial charge is 0.146 e. The third kappa shape index (κ3) is 2.01. The van der Waals surface area contributed by atoms with Gasteiger partial charge in [0.1, 0.15) is 5.82 Å². The Balaban J connectivity index is 2.51. The molecule has 0 bridgehead atoms. The number of halogens is 2. The number of H-pyrrole nitrogens is 1. The Morgan fingerprint density at radius 3 is 2.93 bits per heavy atom. The number of aromatic nitrogens is 1. The molecule has 0 amide bonds. The molecule has 0 fully saturated rings. The van der Waals surface area contributed by atoms with Gasteiger partial charge in [-0.15, -0.1) is 0 Å². The Hall–Kier alpha value is -0.620. The molecule has 0 aliphatic heterocycles. The fourth-order valence-electron chi connectivity index (χ4n) is 1.71. The number of nitrogens with two attached hydrogens (primary N) is 1.